The zero-order chi connectivity index (χ0) is 15.0. The second-order valence-electron chi connectivity index (χ2n) is 5.30. The second-order valence-corrected chi connectivity index (χ2v) is 5.30. The number of rotatable bonds is 3. The molecular formula is C17H19N3O. The maximum atomic E-state index is 5.87. The largest absolute Gasteiger partial charge is 0.466 e. The Morgan fingerprint density at radius 1 is 1.14 bits per heavy atom. The number of aromatic nitrogens is 1. The van der Waals surface area contributed by atoms with Crippen molar-refractivity contribution in [1.29, 1.82) is 0 Å². The highest BCUT2D eigenvalue weighted by Crippen LogP contribution is 2.34. The number of hydrogen-bond acceptors (Lipinski definition) is 4. The molecule has 0 amide bonds. The number of fused-ring (bicyclic) bond motifs is 1. The molecule has 0 aliphatic heterocycles. The summed E-state index contributed by atoms with van der Waals surface area (Å²) in [6, 6.07) is 8.09. The Morgan fingerprint density at radius 3 is 2.62 bits per heavy atom. The van der Waals surface area contributed by atoms with Crippen LogP contribution in [0.1, 0.15) is 34.3 Å². The molecule has 3 rings (SSSR count). The molecule has 4 nitrogen and oxygen atoms in total. The first-order valence-electron chi connectivity index (χ1n) is 6.98. The summed E-state index contributed by atoms with van der Waals surface area (Å²) >= 11 is 0. The molecule has 4 heteroatoms. The van der Waals surface area contributed by atoms with Gasteiger partial charge >= 0.3 is 0 Å². The number of benzene rings is 1. The SMILES string of the molecule is Cc1oc(C)c(C(NN)c2cccc3cnccc23)c1C. The van der Waals surface area contributed by atoms with Crippen LogP contribution >= 0.6 is 0 Å². The number of nitrogens with zero attached hydrogens (tertiary/aromatic N) is 1. The smallest absolute Gasteiger partial charge is 0.106 e. The molecule has 0 saturated heterocycles. The topological polar surface area (TPSA) is 64.1 Å². The average molecular weight is 281 g/mol. The summed E-state index contributed by atoms with van der Waals surface area (Å²) in [5, 5.41) is 2.25. The van der Waals surface area contributed by atoms with Crippen molar-refractivity contribution in [1.82, 2.24) is 10.4 Å². The van der Waals surface area contributed by atoms with Crippen molar-refractivity contribution in [2.75, 3.05) is 0 Å². The van der Waals surface area contributed by atoms with E-state index >= 15 is 0 Å². The van der Waals surface area contributed by atoms with Gasteiger partial charge in [-0.25, -0.2) is 5.43 Å². The van der Waals surface area contributed by atoms with Crippen LogP contribution in [0.5, 0.6) is 0 Å². The summed E-state index contributed by atoms with van der Waals surface area (Å²) in [4.78, 5) is 4.18. The van der Waals surface area contributed by atoms with Gasteiger partial charge in [-0.15, -0.1) is 0 Å². The van der Waals surface area contributed by atoms with Crippen LogP contribution in [-0.2, 0) is 0 Å². The van der Waals surface area contributed by atoms with Crippen molar-refractivity contribution in [3.63, 3.8) is 0 Å². The number of hydrazine groups is 1. The Kier molecular flexibility index (Phi) is 3.49. The Labute approximate surface area is 124 Å². The van der Waals surface area contributed by atoms with E-state index in [0.29, 0.717) is 0 Å². The molecule has 21 heavy (non-hydrogen) atoms. The van der Waals surface area contributed by atoms with Crippen LogP contribution in [0.3, 0.4) is 0 Å². The lowest BCUT2D eigenvalue weighted by molar-refractivity contribution is 0.494. The van der Waals surface area contributed by atoms with Gasteiger partial charge in [-0.1, -0.05) is 18.2 Å². The minimum Gasteiger partial charge on any atom is -0.466 e. The molecule has 0 fully saturated rings. The lowest BCUT2D eigenvalue weighted by Gasteiger charge is -2.19. The molecule has 1 unspecified atom stereocenters. The van der Waals surface area contributed by atoms with Gasteiger partial charge in [0.05, 0.1) is 6.04 Å². The van der Waals surface area contributed by atoms with Gasteiger partial charge in [0.1, 0.15) is 11.5 Å². The highest BCUT2D eigenvalue weighted by Gasteiger charge is 2.23. The fourth-order valence-electron chi connectivity index (χ4n) is 2.96. The van der Waals surface area contributed by atoms with Crippen LogP contribution in [0.25, 0.3) is 10.8 Å². The second kappa shape index (κ2) is 5.31. The summed E-state index contributed by atoms with van der Waals surface area (Å²) in [6.45, 7) is 6.02. The fourth-order valence-corrected chi connectivity index (χ4v) is 2.96. The number of nitrogens with two attached hydrogens (primary N) is 1. The molecule has 0 aliphatic rings. The highest BCUT2D eigenvalue weighted by molar-refractivity contribution is 5.85. The van der Waals surface area contributed by atoms with Crippen molar-refractivity contribution < 1.29 is 4.42 Å². The standard InChI is InChI=1S/C17H19N3O/c1-10-11(2)21-12(3)16(10)17(20-18)15-6-4-5-13-9-19-8-7-14(13)15/h4-9,17,20H,18H2,1-3H3. The first-order valence-corrected chi connectivity index (χ1v) is 6.98. The quantitative estimate of drug-likeness (QED) is 0.571. The first kappa shape index (κ1) is 13.8. The molecule has 0 radical (unpaired) electrons. The third-order valence-corrected chi connectivity index (χ3v) is 4.10. The Balaban J connectivity index is 2.23. The molecule has 0 aliphatic carbocycles. The summed E-state index contributed by atoms with van der Waals surface area (Å²) in [5.74, 6) is 7.70. The minimum atomic E-state index is -0.103. The summed E-state index contributed by atoms with van der Waals surface area (Å²) < 4.78 is 5.75. The van der Waals surface area contributed by atoms with E-state index in [0.717, 1.165) is 39.0 Å². The van der Waals surface area contributed by atoms with E-state index < -0.39 is 0 Å². The van der Waals surface area contributed by atoms with E-state index in [1.165, 1.54) is 0 Å². The lowest BCUT2D eigenvalue weighted by atomic mass is 9.92. The van der Waals surface area contributed by atoms with Crippen molar-refractivity contribution in [3.8, 4) is 0 Å². The number of nitrogens with one attached hydrogen (secondary N) is 1. The third-order valence-electron chi connectivity index (χ3n) is 4.10. The Bertz CT molecular complexity index is 787. The van der Waals surface area contributed by atoms with Crippen LogP contribution in [0.4, 0.5) is 0 Å². The van der Waals surface area contributed by atoms with Gasteiger partial charge in [0.2, 0.25) is 0 Å². The van der Waals surface area contributed by atoms with Gasteiger partial charge in [-0.3, -0.25) is 10.8 Å². The molecule has 3 aromatic rings. The van der Waals surface area contributed by atoms with Gasteiger partial charge in [0, 0.05) is 23.3 Å². The minimum absolute atomic E-state index is 0.103. The summed E-state index contributed by atoms with van der Waals surface area (Å²) in [7, 11) is 0. The zero-order valence-corrected chi connectivity index (χ0v) is 12.5. The molecule has 0 spiro atoms. The van der Waals surface area contributed by atoms with Crippen LogP contribution < -0.4 is 11.3 Å². The van der Waals surface area contributed by atoms with E-state index in [2.05, 4.69) is 29.5 Å². The van der Waals surface area contributed by atoms with Crippen LogP contribution in [0.15, 0.2) is 41.1 Å². The van der Waals surface area contributed by atoms with Crippen LogP contribution in [0, 0.1) is 20.8 Å². The van der Waals surface area contributed by atoms with Gasteiger partial charge in [0.15, 0.2) is 0 Å². The summed E-state index contributed by atoms with van der Waals surface area (Å²) in [5.41, 5.74) is 6.32. The van der Waals surface area contributed by atoms with E-state index in [1.54, 1.807) is 6.20 Å². The predicted molar refractivity (Wildman–Crippen MR) is 83.8 cm³/mol. The van der Waals surface area contributed by atoms with E-state index in [-0.39, 0.29) is 6.04 Å². The fraction of sp³-hybridized carbons (Fsp3) is 0.235. The first-order chi connectivity index (χ1) is 10.1. The van der Waals surface area contributed by atoms with Crippen LogP contribution in [-0.4, -0.2) is 4.98 Å². The van der Waals surface area contributed by atoms with Gasteiger partial charge in [0.25, 0.3) is 0 Å². The zero-order valence-electron chi connectivity index (χ0n) is 12.5. The molecule has 0 saturated carbocycles. The van der Waals surface area contributed by atoms with Crippen molar-refractivity contribution in [3.05, 3.63) is 64.9 Å². The molecule has 2 heterocycles. The number of hydrogen-bond donors (Lipinski definition) is 2. The molecular weight excluding hydrogens is 262 g/mol. The van der Waals surface area contributed by atoms with Gasteiger partial charge in [-0.2, -0.15) is 0 Å². The van der Waals surface area contributed by atoms with Crippen molar-refractivity contribution in [2.24, 2.45) is 5.84 Å². The molecule has 2 aromatic heterocycles. The molecule has 1 aromatic carbocycles. The number of furan rings is 1. The predicted octanol–water partition coefficient (Wildman–Crippen LogP) is 3.31. The van der Waals surface area contributed by atoms with Crippen molar-refractivity contribution >= 4 is 10.8 Å². The maximum absolute atomic E-state index is 5.87. The molecule has 108 valence electrons. The number of pyridine rings is 1. The maximum Gasteiger partial charge on any atom is 0.106 e. The monoisotopic (exact) mass is 281 g/mol. The Hall–Kier alpha value is -2.17. The lowest BCUT2D eigenvalue weighted by Crippen LogP contribution is -2.29. The molecule has 3 N–H and O–H groups in total. The third kappa shape index (κ3) is 2.22. The van der Waals surface area contributed by atoms with E-state index in [1.807, 2.05) is 32.2 Å². The normalized spacial score (nSPS) is 12.8. The molecule has 1 atom stereocenters. The average Bonchev–Trinajstić information content (AvgIpc) is 2.75. The molecule has 0 bridgehead atoms. The summed E-state index contributed by atoms with van der Waals surface area (Å²) in [6.07, 6.45) is 3.67. The van der Waals surface area contributed by atoms with Gasteiger partial charge in [-0.05, 0) is 43.4 Å². The Morgan fingerprint density at radius 2 is 1.95 bits per heavy atom. The van der Waals surface area contributed by atoms with Crippen molar-refractivity contribution in [2.45, 2.75) is 26.8 Å². The van der Waals surface area contributed by atoms with E-state index in [4.69, 9.17) is 10.3 Å². The van der Waals surface area contributed by atoms with Gasteiger partial charge < -0.3 is 4.42 Å². The van der Waals surface area contributed by atoms with Crippen LogP contribution in [0.2, 0.25) is 0 Å². The number of aryl methyl sites for hydroxylation is 2. The highest BCUT2D eigenvalue weighted by atomic mass is 16.3. The van der Waals surface area contributed by atoms with E-state index in [9.17, 15) is 0 Å².